The van der Waals surface area contributed by atoms with Gasteiger partial charge in [-0.15, -0.1) is 0 Å². The summed E-state index contributed by atoms with van der Waals surface area (Å²) in [6.45, 7) is 1.92. The third-order valence-corrected chi connectivity index (χ3v) is 5.69. The highest BCUT2D eigenvalue weighted by Gasteiger charge is 2.41. The van der Waals surface area contributed by atoms with Crippen LogP contribution in [0.15, 0.2) is 23.1 Å². The molecule has 0 amide bonds. The molecule has 1 aliphatic rings. The van der Waals surface area contributed by atoms with Crippen LogP contribution in [0.5, 0.6) is 0 Å². The molecule has 2 rings (SSSR count). The molecule has 21 heavy (non-hydrogen) atoms. The standard InChI is InChI=1S/C13H19N3O4S/c1-3-13(8-5-9-13)15-21(19,20)11-7-4-6-10(14-2)12(11)16(17)18/h4,6-7,14-15H,3,5,8-9H2,1-2H3. The van der Waals surface area contributed by atoms with Crippen LogP contribution < -0.4 is 10.0 Å². The summed E-state index contributed by atoms with van der Waals surface area (Å²) in [6, 6.07) is 4.24. The predicted octanol–water partition coefficient (Wildman–Crippen LogP) is 2.25. The molecule has 1 aliphatic carbocycles. The Morgan fingerprint density at radius 3 is 2.48 bits per heavy atom. The largest absolute Gasteiger partial charge is 0.383 e. The lowest BCUT2D eigenvalue weighted by Crippen LogP contribution is -2.52. The second-order valence-corrected chi connectivity index (χ2v) is 6.90. The molecule has 0 spiro atoms. The highest BCUT2D eigenvalue weighted by molar-refractivity contribution is 7.89. The molecule has 116 valence electrons. The minimum Gasteiger partial charge on any atom is -0.383 e. The Bertz CT molecular complexity index is 648. The predicted molar refractivity (Wildman–Crippen MR) is 79.8 cm³/mol. The van der Waals surface area contributed by atoms with Crippen LogP contribution in [0.25, 0.3) is 0 Å². The van der Waals surface area contributed by atoms with Crippen molar-refractivity contribution in [2.45, 2.75) is 43.0 Å². The van der Waals surface area contributed by atoms with E-state index in [2.05, 4.69) is 10.0 Å². The van der Waals surface area contributed by atoms with Crippen molar-refractivity contribution in [3.05, 3.63) is 28.3 Å². The van der Waals surface area contributed by atoms with Crippen LogP contribution >= 0.6 is 0 Å². The first kappa shape index (κ1) is 15.7. The van der Waals surface area contributed by atoms with Crippen LogP contribution in [0.3, 0.4) is 0 Å². The van der Waals surface area contributed by atoms with E-state index in [4.69, 9.17) is 0 Å². The zero-order valence-corrected chi connectivity index (χ0v) is 12.9. The normalized spacial score (nSPS) is 17.0. The zero-order valence-electron chi connectivity index (χ0n) is 12.0. The van der Waals surface area contributed by atoms with Crippen molar-refractivity contribution in [1.29, 1.82) is 0 Å². The number of rotatable bonds is 6. The van der Waals surface area contributed by atoms with E-state index in [0.717, 1.165) is 19.3 Å². The number of nitro groups is 1. The van der Waals surface area contributed by atoms with Gasteiger partial charge in [-0.2, -0.15) is 0 Å². The van der Waals surface area contributed by atoms with Gasteiger partial charge in [-0.3, -0.25) is 10.1 Å². The molecule has 0 heterocycles. The van der Waals surface area contributed by atoms with E-state index in [0.29, 0.717) is 6.42 Å². The molecule has 0 atom stereocenters. The van der Waals surface area contributed by atoms with E-state index in [1.54, 1.807) is 0 Å². The number of para-hydroxylation sites is 1. The lowest BCUT2D eigenvalue weighted by Gasteiger charge is -2.41. The molecule has 0 radical (unpaired) electrons. The summed E-state index contributed by atoms with van der Waals surface area (Å²) >= 11 is 0. The van der Waals surface area contributed by atoms with Gasteiger partial charge in [0, 0.05) is 12.6 Å². The average molecular weight is 313 g/mol. The van der Waals surface area contributed by atoms with Crippen molar-refractivity contribution in [2.24, 2.45) is 0 Å². The maximum Gasteiger partial charge on any atom is 0.312 e. The van der Waals surface area contributed by atoms with Gasteiger partial charge in [0.15, 0.2) is 4.90 Å². The van der Waals surface area contributed by atoms with Crippen molar-refractivity contribution in [1.82, 2.24) is 4.72 Å². The molecule has 0 unspecified atom stereocenters. The number of benzene rings is 1. The third-order valence-electron chi connectivity index (χ3n) is 4.08. The molecule has 2 N–H and O–H groups in total. The molecule has 7 nitrogen and oxygen atoms in total. The van der Waals surface area contributed by atoms with Crippen molar-refractivity contribution >= 4 is 21.4 Å². The first-order valence-corrected chi connectivity index (χ1v) is 8.33. The highest BCUT2D eigenvalue weighted by Crippen LogP contribution is 2.38. The molecule has 1 fully saturated rings. The van der Waals surface area contributed by atoms with E-state index < -0.39 is 26.2 Å². The quantitative estimate of drug-likeness (QED) is 0.619. The van der Waals surface area contributed by atoms with Gasteiger partial charge in [0.05, 0.1) is 4.92 Å². The Hall–Kier alpha value is -1.67. The van der Waals surface area contributed by atoms with Crippen molar-refractivity contribution < 1.29 is 13.3 Å². The van der Waals surface area contributed by atoms with E-state index in [1.807, 2.05) is 6.92 Å². The summed E-state index contributed by atoms with van der Waals surface area (Å²) < 4.78 is 27.8. The first-order valence-electron chi connectivity index (χ1n) is 6.84. The van der Waals surface area contributed by atoms with E-state index in [9.17, 15) is 18.5 Å². The van der Waals surface area contributed by atoms with Crippen LogP contribution in [0.4, 0.5) is 11.4 Å². The Morgan fingerprint density at radius 1 is 1.38 bits per heavy atom. The first-order chi connectivity index (χ1) is 9.85. The topological polar surface area (TPSA) is 101 Å². The highest BCUT2D eigenvalue weighted by atomic mass is 32.2. The molecular formula is C13H19N3O4S. The molecule has 0 aliphatic heterocycles. The van der Waals surface area contributed by atoms with E-state index in [1.165, 1.54) is 25.2 Å². The Kier molecular flexibility index (Phi) is 4.20. The lowest BCUT2D eigenvalue weighted by atomic mass is 9.76. The molecule has 0 saturated heterocycles. The van der Waals surface area contributed by atoms with E-state index in [-0.39, 0.29) is 10.6 Å². The number of nitro benzene ring substituents is 1. The van der Waals surface area contributed by atoms with Crippen molar-refractivity contribution in [3.8, 4) is 0 Å². The number of sulfonamides is 1. The Balaban J connectivity index is 2.47. The van der Waals surface area contributed by atoms with Gasteiger partial charge >= 0.3 is 5.69 Å². The number of nitrogens with zero attached hydrogens (tertiary/aromatic N) is 1. The average Bonchev–Trinajstić information content (AvgIpc) is 2.41. The SMILES string of the molecule is CCC1(NS(=O)(=O)c2cccc(NC)c2[N+](=O)[O-])CCC1. The number of hydrogen-bond donors (Lipinski definition) is 2. The van der Waals surface area contributed by atoms with Crippen LogP contribution in [-0.2, 0) is 10.0 Å². The van der Waals surface area contributed by atoms with Gasteiger partial charge < -0.3 is 5.32 Å². The molecule has 1 saturated carbocycles. The van der Waals surface area contributed by atoms with Gasteiger partial charge in [-0.05, 0) is 37.8 Å². The second-order valence-electron chi connectivity index (χ2n) is 5.25. The van der Waals surface area contributed by atoms with Crippen LogP contribution in [0, 0.1) is 10.1 Å². The van der Waals surface area contributed by atoms with Gasteiger partial charge in [-0.25, -0.2) is 13.1 Å². The zero-order chi connectivity index (χ0) is 15.7. The smallest absolute Gasteiger partial charge is 0.312 e. The fraction of sp³-hybridized carbons (Fsp3) is 0.538. The second kappa shape index (κ2) is 5.61. The third kappa shape index (κ3) is 2.86. The summed E-state index contributed by atoms with van der Waals surface area (Å²) in [5, 5.41) is 13.9. The van der Waals surface area contributed by atoms with Crippen molar-refractivity contribution in [2.75, 3.05) is 12.4 Å². The number of nitrogens with one attached hydrogen (secondary N) is 2. The van der Waals surface area contributed by atoms with Gasteiger partial charge in [0.2, 0.25) is 10.0 Å². The molecule has 1 aromatic carbocycles. The van der Waals surface area contributed by atoms with Gasteiger partial charge in [-0.1, -0.05) is 13.0 Å². The molecular weight excluding hydrogens is 294 g/mol. The Morgan fingerprint density at radius 2 is 2.05 bits per heavy atom. The lowest BCUT2D eigenvalue weighted by molar-refractivity contribution is -0.386. The van der Waals surface area contributed by atoms with Crippen molar-refractivity contribution in [3.63, 3.8) is 0 Å². The number of anilines is 1. The molecule has 0 bridgehead atoms. The minimum atomic E-state index is -3.93. The maximum atomic E-state index is 12.5. The summed E-state index contributed by atoms with van der Waals surface area (Å²) in [5.74, 6) is 0. The van der Waals surface area contributed by atoms with Crippen LogP contribution in [-0.4, -0.2) is 25.9 Å². The molecule has 8 heteroatoms. The summed E-state index contributed by atoms with van der Waals surface area (Å²) in [5.41, 5.74) is -0.692. The summed E-state index contributed by atoms with van der Waals surface area (Å²) in [4.78, 5) is 10.3. The Labute approximate surface area is 123 Å². The van der Waals surface area contributed by atoms with Crippen LogP contribution in [0.1, 0.15) is 32.6 Å². The minimum absolute atomic E-state index is 0.182. The number of hydrogen-bond acceptors (Lipinski definition) is 5. The summed E-state index contributed by atoms with van der Waals surface area (Å²) in [6.07, 6.45) is 3.17. The molecule has 0 aromatic heterocycles. The maximum absolute atomic E-state index is 12.5. The summed E-state index contributed by atoms with van der Waals surface area (Å²) in [7, 11) is -2.41. The van der Waals surface area contributed by atoms with Gasteiger partial charge in [0.25, 0.3) is 0 Å². The monoisotopic (exact) mass is 313 g/mol. The molecule has 1 aromatic rings. The fourth-order valence-corrected chi connectivity index (χ4v) is 4.33. The van der Waals surface area contributed by atoms with Gasteiger partial charge in [0.1, 0.15) is 5.69 Å². The van der Waals surface area contributed by atoms with Crippen LogP contribution in [0.2, 0.25) is 0 Å². The fourth-order valence-electron chi connectivity index (χ4n) is 2.60. The van der Waals surface area contributed by atoms with E-state index >= 15 is 0 Å².